The van der Waals surface area contributed by atoms with Crippen molar-refractivity contribution >= 4 is 11.8 Å². The van der Waals surface area contributed by atoms with Crippen LogP contribution in [0.3, 0.4) is 0 Å². The maximum Gasteiger partial charge on any atom is 0.109 e. The Hall–Kier alpha value is -0.480. The van der Waals surface area contributed by atoms with E-state index < -0.39 is 0 Å². The number of rotatable bonds is 2. The number of H-pyrrole nitrogens is 1. The number of imidazole rings is 1. The number of aromatic amines is 1. The summed E-state index contributed by atoms with van der Waals surface area (Å²) in [5.41, 5.74) is 6.57. The average molecular weight is 197 g/mol. The van der Waals surface area contributed by atoms with Gasteiger partial charge >= 0.3 is 0 Å². The summed E-state index contributed by atoms with van der Waals surface area (Å²) < 4.78 is 0. The Balaban J connectivity index is 2.05. The third kappa shape index (κ3) is 2.06. The van der Waals surface area contributed by atoms with Crippen LogP contribution in [0.15, 0.2) is 6.20 Å². The van der Waals surface area contributed by atoms with E-state index in [-0.39, 0.29) is 0 Å². The second kappa shape index (κ2) is 4.15. The molecule has 1 aliphatic rings. The van der Waals surface area contributed by atoms with Crippen molar-refractivity contribution in [1.29, 1.82) is 0 Å². The minimum atomic E-state index is 0.564. The van der Waals surface area contributed by atoms with E-state index in [0.29, 0.717) is 12.5 Å². The van der Waals surface area contributed by atoms with Crippen molar-refractivity contribution in [1.82, 2.24) is 9.97 Å². The van der Waals surface area contributed by atoms with Crippen molar-refractivity contribution in [3.63, 3.8) is 0 Å². The highest BCUT2D eigenvalue weighted by Gasteiger charge is 2.18. The van der Waals surface area contributed by atoms with E-state index in [4.69, 9.17) is 5.73 Å². The van der Waals surface area contributed by atoms with Crippen molar-refractivity contribution in [2.24, 2.45) is 5.73 Å². The molecule has 0 saturated carbocycles. The summed E-state index contributed by atoms with van der Waals surface area (Å²) in [6.07, 6.45) is 4.36. The Morgan fingerprint density at radius 1 is 1.54 bits per heavy atom. The minimum Gasteiger partial charge on any atom is -0.345 e. The fourth-order valence-electron chi connectivity index (χ4n) is 1.66. The first-order valence-electron chi connectivity index (χ1n) is 4.71. The monoisotopic (exact) mass is 197 g/mol. The third-order valence-corrected chi connectivity index (χ3v) is 3.52. The van der Waals surface area contributed by atoms with E-state index in [2.05, 4.69) is 9.97 Å². The minimum absolute atomic E-state index is 0.564. The van der Waals surface area contributed by atoms with Gasteiger partial charge in [0.1, 0.15) is 5.82 Å². The van der Waals surface area contributed by atoms with E-state index in [9.17, 15) is 0 Å². The van der Waals surface area contributed by atoms with Crippen molar-refractivity contribution < 1.29 is 0 Å². The van der Waals surface area contributed by atoms with E-state index in [1.807, 2.05) is 18.0 Å². The van der Waals surface area contributed by atoms with Gasteiger partial charge in [0.15, 0.2) is 0 Å². The molecule has 0 aromatic carbocycles. The molecule has 1 aromatic heterocycles. The fourth-order valence-corrected chi connectivity index (χ4v) is 2.77. The molecule has 0 spiro atoms. The molecule has 1 aromatic rings. The van der Waals surface area contributed by atoms with Gasteiger partial charge in [-0.25, -0.2) is 4.98 Å². The topological polar surface area (TPSA) is 54.7 Å². The first-order valence-corrected chi connectivity index (χ1v) is 5.87. The molecule has 3 N–H and O–H groups in total. The molecule has 3 nitrogen and oxygen atoms in total. The second-order valence-corrected chi connectivity index (χ2v) is 4.61. The van der Waals surface area contributed by atoms with Crippen LogP contribution in [0.5, 0.6) is 0 Å². The van der Waals surface area contributed by atoms with Gasteiger partial charge in [0.2, 0.25) is 0 Å². The number of nitrogens with zero attached hydrogens (tertiary/aromatic N) is 1. The molecule has 1 saturated heterocycles. The molecular formula is C9H15N3S. The Morgan fingerprint density at radius 2 is 2.31 bits per heavy atom. The average Bonchev–Trinajstić information content (AvgIpc) is 2.67. The van der Waals surface area contributed by atoms with Crippen LogP contribution >= 0.6 is 11.8 Å². The standard InChI is InChI=1S/C9H15N3S/c10-5-8-6-11-9(12-8)7-1-3-13-4-2-7/h6-7H,1-5,10H2,(H,11,12). The predicted octanol–water partition coefficient (Wildman–Crippen LogP) is 1.48. The van der Waals surface area contributed by atoms with Gasteiger partial charge in [-0.2, -0.15) is 11.8 Å². The maximum absolute atomic E-state index is 5.52. The van der Waals surface area contributed by atoms with Crippen LogP contribution in [0.2, 0.25) is 0 Å². The Bertz CT molecular complexity index is 266. The Kier molecular flexibility index (Phi) is 2.90. The number of aromatic nitrogens is 2. The molecule has 0 bridgehead atoms. The molecule has 1 fully saturated rings. The molecule has 2 heterocycles. The maximum atomic E-state index is 5.52. The molecule has 0 radical (unpaired) electrons. The smallest absolute Gasteiger partial charge is 0.109 e. The second-order valence-electron chi connectivity index (χ2n) is 3.38. The van der Waals surface area contributed by atoms with Gasteiger partial charge in [0.05, 0.1) is 0 Å². The molecular weight excluding hydrogens is 182 g/mol. The van der Waals surface area contributed by atoms with Crippen molar-refractivity contribution in [3.8, 4) is 0 Å². The summed E-state index contributed by atoms with van der Waals surface area (Å²) in [7, 11) is 0. The zero-order valence-corrected chi connectivity index (χ0v) is 8.44. The van der Waals surface area contributed by atoms with Gasteiger partial charge < -0.3 is 10.7 Å². The van der Waals surface area contributed by atoms with Crippen molar-refractivity contribution in [3.05, 3.63) is 17.7 Å². The summed E-state index contributed by atoms with van der Waals surface area (Å²) in [6, 6.07) is 0. The van der Waals surface area contributed by atoms with Gasteiger partial charge in [-0.15, -0.1) is 0 Å². The predicted molar refractivity (Wildman–Crippen MR) is 55.8 cm³/mol. The Labute approximate surface area is 82.5 Å². The first-order chi connectivity index (χ1) is 6.40. The zero-order valence-electron chi connectivity index (χ0n) is 7.62. The molecule has 2 rings (SSSR count). The third-order valence-electron chi connectivity index (χ3n) is 2.48. The molecule has 4 heteroatoms. The van der Waals surface area contributed by atoms with Gasteiger partial charge in [0.25, 0.3) is 0 Å². The molecule has 0 atom stereocenters. The number of thioether (sulfide) groups is 1. The van der Waals surface area contributed by atoms with Gasteiger partial charge in [-0.05, 0) is 24.3 Å². The number of hydrogen-bond acceptors (Lipinski definition) is 3. The van der Waals surface area contributed by atoms with Crippen LogP contribution in [0.25, 0.3) is 0 Å². The number of nitrogens with two attached hydrogens (primary N) is 1. The lowest BCUT2D eigenvalue weighted by Crippen LogP contribution is -2.09. The van der Waals surface area contributed by atoms with E-state index in [1.165, 1.54) is 24.3 Å². The molecule has 0 amide bonds. The largest absolute Gasteiger partial charge is 0.345 e. The fraction of sp³-hybridized carbons (Fsp3) is 0.667. The Morgan fingerprint density at radius 3 is 2.92 bits per heavy atom. The summed E-state index contributed by atoms with van der Waals surface area (Å²) >= 11 is 2.04. The van der Waals surface area contributed by atoms with E-state index in [0.717, 1.165) is 11.5 Å². The summed E-state index contributed by atoms with van der Waals surface area (Å²) in [5.74, 6) is 4.31. The zero-order chi connectivity index (χ0) is 9.10. The first kappa shape index (κ1) is 9.09. The van der Waals surface area contributed by atoms with Crippen LogP contribution in [0, 0.1) is 0 Å². The summed E-state index contributed by atoms with van der Waals surface area (Å²) in [6.45, 7) is 0.564. The van der Waals surface area contributed by atoms with E-state index in [1.54, 1.807) is 0 Å². The summed E-state index contributed by atoms with van der Waals surface area (Å²) in [4.78, 5) is 7.65. The van der Waals surface area contributed by atoms with E-state index >= 15 is 0 Å². The van der Waals surface area contributed by atoms with Gasteiger partial charge in [-0.3, -0.25) is 0 Å². The number of hydrogen-bond donors (Lipinski definition) is 2. The summed E-state index contributed by atoms with van der Waals surface area (Å²) in [5, 5.41) is 0. The molecule has 13 heavy (non-hydrogen) atoms. The van der Waals surface area contributed by atoms with Gasteiger partial charge in [0, 0.05) is 24.4 Å². The highest BCUT2D eigenvalue weighted by atomic mass is 32.2. The lowest BCUT2D eigenvalue weighted by molar-refractivity contribution is 0.604. The quantitative estimate of drug-likeness (QED) is 0.755. The SMILES string of the molecule is NCc1cnc(C2CCSCC2)[nH]1. The van der Waals surface area contributed by atoms with Crippen LogP contribution in [-0.4, -0.2) is 21.5 Å². The van der Waals surface area contributed by atoms with Crippen LogP contribution in [-0.2, 0) is 6.54 Å². The molecule has 72 valence electrons. The lowest BCUT2D eigenvalue weighted by Gasteiger charge is -2.18. The van der Waals surface area contributed by atoms with Crippen LogP contribution < -0.4 is 5.73 Å². The van der Waals surface area contributed by atoms with Gasteiger partial charge in [-0.1, -0.05) is 0 Å². The van der Waals surface area contributed by atoms with Crippen LogP contribution in [0.1, 0.15) is 30.3 Å². The van der Waals surface area contributed by atoms with Crippen molar-refractivity contribution in [2.75, 3.05) is 11.5 Å². The number of nitrogens with one attached hydrogen (secondary N) is 1. The molecule has 0 unspecified atom stereocenters. The lowest BCUT2D eigenvalue weighted by atomic mass is 10.0. The molecule has 0 aliphatic carbocycles. The highest BCUT2D eigenvalue weighted by molar-refractivity contribution is 7.99. The molecule has 1 aliphatic heterocycles. The normalized spacial score (nSPS) is 19.2. The van der Waals surface area contributed by atoms with Crippen LogP contribution in [0.4, 0.5) is 0 Å². The van der Waals surface area contributed by atoms with Crippen molar-refractivity contribution in [2.45, 2.75) is 25.3 Å². The highest BCUT2D eigenvalue weighted by Crippen LogP contribution is 2.29.